The molecule has 0 aliphatic carbocycles. The molecule has 1 N–H and O–H groups in total. The molecule has 0 radical (unpaired) electrons. The molecular weight excluding hydrogens is 345 g/mol. The Morgan fingerprint density at radius 1 is 1.25 bits per heavy atom. The first-order chi connectivity index (χ1) is 9.58. The van der Waals surface area contributed by atoms with Gasteiger partial charge in [-0.1, -0.05) is 33.6 Å². The molecular formula is C15H8BrClFNO. The van der Waals surface area contributed by atoms with Crippen LogP contribution in [-0.2, 0) is 0 Å². The minimum atomic E-state index is -0.619. The van der Waals surface area contributed by atoms with E-state index >= 15 is 0 Å². The number of H-pyrrole nitrogens is 1. The first-order valence-electron chi connectivity index (χ1n) is 5.83. The highest BCUT2D eigenvalue weighted by Crippen LogP contribution is 2.28. The predicted octanol–water partition coefficient (Wildman–Crippen LogP) is 4.95. The van der Waals surface area contributed by atoms with Gasteiger partial charge in [0.15, 0.2) is 5.78 Å². The van der Waals surface area contributed by atoms with Gasteiger partial charge in [0.25, 0.3) is 0 Å². The molecule has 0 aliphatic heterocycles. The van der Waals surface area contributed by atoms with Gasteiger partial charge in [0.1, 0.15) is 5.82 Å². The fourth-order valence-electron chi connectivity index (χ4n) is 2.13. The number of hydrogen-bond acceptors (Lipinski definition) is 1. The number of ketones is 1. The maximum absolute atomic E-state index is 13.8. The molecule has 0 spiro atoms. The van der Waals surface area contributed by atoms with Crippen molar-refractivity contribution in [3.05, 3.63) is 69.0 Å². The average Bonchev–Trinajstić information content (AvgIpc) is 2.81. The first-order valence-corrected chi connectivity index (χ1v) is 7.00. The zero-order chi connectivity index (χ0) is 14.3. The lowest BCUT2D eigenvalue weighted by atomic mass is 10.0. The average molecular weight is 353 g/mol. The van der Waals surface area contributed by atoms with Crippen molar-refractivity contribution >= 4 is 44.2 Å². The molecule has 2 nitrogen and oxygen atoms in total. The van der Waals surface area contributed by atoms with Gasteiger partial charge in [0.2, 0.25) is 0 Å². The van der Waals surface area contributed by atoms with E-state index in [0.29, 0.717) is 5.56 Å². The quantitative estimate of drug-likeness (QED) is 0.650. The summed E-state index contributed by atoms with van der Waals surface area (Å²) in [6.45, 7) is 0. The van der Waals surface area contributed by atoms with Gasteiger partial charge in [-0.25, -0.2) is 4.39 Å². The lowest BCUT2D eigenvalue weighted by molar-refractivity contribution is 0.103. The molecule has 3 rings (SSSR count). The highest BCUT2D eigenvalue weighted by atomic mass is 79.9. The fraction of sp³-hybridized carbons (Fsp3) is 0. The van der Waals surface area contributed by atoms with E-state index in [0.717, 1.165) is 15.4 Å². The number of fused-ring (bicyclic) bond motifs is 1. The summed E-state index contributed by atoms with van der Waals surface area (Å²) in [4.78, 5) is 15.5. The molecule has 1 aromatic heterocycles. The maximum Gasteiger partial charge on any atom is 0.199 e. The minimum absolute atomic E-state index is 0.102. The number of rotatable bonds is 2. The lowest BCUT2D eigenvalue weighted by Crippen LogP contribution is -2.04. The van der Waals surface area contributed by atoms with Crippen LogP contribution in [0.15, 0.2) is 47.1 Å². The Bertz CT molecular complexity index is 808. The number of carbonyl (C=O) groups excluding carboxylic acids is 1. The summed E-state index contributed by atoms with van der Waals surface area (Å²) in [6.07, 6.45) is 1.57. The van der Waals surface area contributed by atoms with E-state index in [-0.39, 0.29) is 10.6 Å². The third-order valence-electron chi connectivity index (χ3n) is 3.08. The third kappa shape index (κ3) is 2.15. The van der Waals surface area contributed by atoms with Crippen LogP contribution in [0.25, 0.3) is 10.9 Å². The number of nitrogens with one attached hydrogen (secondary N) is 1. The molecule has 5 heteroatoms. The van der Waals surface area contributed by atoms with Crippen molar-refractivity contribution in [2.75, 3.05) is 0 Å². The maximum atomic E-state index is 13.8. The van der Waals surface area contributed by atoms with Gasteiger partial charge >= 0.3 is 0 Å². The molecule has 3 aromatic rings. The second kappa shape index (κ2) is 5.04. The molecule has 0 amide bonds. The zero-order valence-electron chi connectivity index (χ0n) is 10.1. The third-order valence-corrected chi connectivity index (χ3v) is 3.89. The van der Waals surface area contributed by atoms with Crippen LogP contribution < -0.4 is 0 Å². The van der Waals surface area contributed by atoms with E-state index in [1.807, 2.05) is 18.2 Å². The SMILES string of the molecule is O=C(c1c(F)cccc1Cl)c1c[nH]c2ccc(Br)cc12. The van der Waals surface area contributed by atoms with Crippen molar-refractivity contribution in [2.45, 2.75) is 0 Å². The van der Waals surface area contributed by atoms with Crippen LogP contribution in [0.1, 0.15) is 15.9 Å². The second-order valence-corrected chi connectivity index (χ2v) is 5.64. The highest BCUT2D eigenvalue weighted by Gasteiger charge is 2.20. The summed E-state index contributed by atoms with van der Waals surface area (Å²) in [5.74, 6) is -1.05. The number of aromatic amines is 1. The molecule has 0 bridgehead atoms. The Morgan fingerprint density at radius 3 is 2.80 bits per heavy atom. The number of halogens is 3. The number of carbonyl (C=O) groups is 1. The first kappa shape index (κ1) is 13.3. The summed E-state index contributed by atoms with van der Waals surface area (Å²) >= 11 is 9.30. The summed E-state index contributed by atoms with van der Waals surface area (Å²) in [7, 11) is 0. The van der Waals surface area contributed by atoms with E-state index in [1.54, 1.807) is 6.20 Å². The Labute approximate surface area is 127 Å². The topological polar surface area (TPSA) is 32.9 Å². The molecule has 20 heavy (non-hydrogen) atoms. The van der Waals surface area contributed by atoms with Crippen molar-refractivity contribution in [1.29, 1.82) is 0 Å². The van der Waals surface area contributed by atoms with Crippen molar-refractivity contribution in [3.8, 4) is 0 Å². The highest BCUT2D eigenvalue weighted by molar-refractivity contribution is 9.10. The van der Waals surface area contributed by atoms with Crippen LogP contribution in [0.4, 0.5) is 4.39 Å². The van der Waals surface area contributed by atoms with Crippen molar-refractivity contribution in [2.24, 2.45) is 0 Å². The van der Waals surface area contributed by atoms with Crippen LogP contribution in [0.2, 0.25) is 5.02 Å². The monoisotopic (exact) mass is 351 g/mol. The summed E-state index contributed by atoms with van der Waals surface area (Å²) in [5.41, 5.74) is 1.10. The van der Waals surface area contributed by atoms with Gasteiger partial charge in [-0.15, -0.1) is 0 Å². The van der Waals surface area contributed by atoms with Crippen LogP contribution in [-0.4, -0.2) is 10.8 Å². The Kier molecular flexibility index (Phi) is 3.36. The van der Waals surface area contributed by atoms with Crippen molar-refractivity contribution in [1.82, 2.24) is 4.98 Å². The van der Waals surface area contributed by atoms with Gasteiger partial charge in [-0.05, 0) is 30.3 Å². The zero-order valence-corrected chi connectivity index (χ0v) is 12.4. The number of hydrogen-bond donors (Lipinski definition) is 1. The molecule has 0 saturated carbocycles. The standard InChI is InChI=1S/C15H8BrClFNO/c16-8-4-5-13-9(6-8)10(7-19-13)15(20)14-11(17)2-1-3-12(14)18/h1-7,19H. The molecule has 1 heterocycles. The van der Waals surface area contributed by atoms with E-state index in [9.17, 15) is 9.18 Å². The van der Waals surface area contributed by atoms with E-state index < -0.39 is 11.6 Å². The Balaban J connectivity index is 2.21. The van der Waals surface area contributed by atoms with Gasteiger partial charge in [-0.2, -0.15) is 0 Å². The molecule has 0 aliphatic rings. The predicted molar refractivity (Wildman–Crippen MR) is 80.8 cm³/mol. The molecule has 0 fully saturated rings. The van der Waals surface area contributed by atoms with Crippen LogP contribution in [0.3, 0.4) is 0 Å². The van der Waals surface area contributed by atoms with E-state index in [4.69, 9.17) is 11.6 Å². The van der Waals surface area contributed by atoms with Crippen LogP contribution in [0.5, 0.6) is 0 Å². The van der Waals surface area contributed by atoms with E-state index in [1.165, 1.54) is 18.2 Å². The largest absolute Gasteiger partial charge is 0.360 e. The Morgan fingerprint density at radius 2 is 2.05 bits per heavy atom. The molecule has 2 aromatic carbocycles. The molecule has 100 valence electrons. The van der Waals surface area contributed by atoms with Crippen molar-refractivity contribution in [3.63, 3.8) is 0 Å². The smallest absolute Gasteiger partial charge is 0.199 e. The van der Waals surface area contributed by atoms with Crippen LogP contribution in [0, 0.1) is 5.82 Å². The van der Waals surface area contributed by atoms with Gasteiger partial charge < -0.3 is 4.98 Å². The second-order valence-electron chi connectivity index (χ2n) is 4.32. The van der Waals surface area contributed by atoms with Gasteiger partial charge in [0, 0.05) is 27.1 Å². The molecule has 0 atom stereocenters. The normalized spacial score (nSPS) is 10.9. The minimum Gasteiger partial charge on any atom is -0.360 e. The summed E-state index contributed by atoms with van der Waals surface area (Å²) in [6, 6.07) is 9.73. The summed E-state index contributed by atoms with van der Waals surface area (Å²) in [5, 5.41) is 0.836. The Hall–Kier alpha value is -1.65. The van der Waals surface area contributed by atoms with Gasteiger partial charge in [0.05, 0.1) is 10.6 Å². The fourth-order valence-corrected chi connectivity index (χ4v) is 2.74. The number of aromatic nitrogens is 1. The summed E-state index contributed by atoms with van der Waals surface area (Å²) < 4.78 is 14.7. The van der Waals surface area contributed by atoms with Crippen LogP contribution >= 0.6 is 27.5 Å². The number of benzene rings is 2. The lowest BCUT2D eigenvalue weighted by Gasteiger charge is -2.04. The van der Waals surface area contributed by atoms with Crippen molar-refractivity contribution < 1.29 is 9.18 Å². The van der Waals surface area contributed by atoms with Gasteiger partial charge in [-0.3, -0.25) is 4.79 Å². The molecule has 0 unspecified atom stereocenters. The van der Waals surface area contributed by atoms with E-state index in [2.05, 4.69) is 20.9 Å². The molecule has 0 saturated heterocycles.